The number of carbonyl (C=O) groups excluding carboxylic acids is 1. The lowest BCUT2D eigenvalue weighted by Crippen LogP contribution is -2.54. The summed E-state index contributed by atoms with van der Waals surface area (Å²) in [7, 11) is 1.25. The van der Waals surface area contributed by atoms with Crippen LogP contribution in [0.5, 0.6) is 11.5 Å². The SMILES string of the molecule is COc1ccc([Si](C)(C)C(CCn2cc(CCO)nn2)[C@@H]2Oc3ccc(N4C(=O)c5cccc6cccc4c56)cc3[C@H](OC)[C@H]2C)cc1. The quantitative estimate of drug-likeness (QED) is 0.163. The fourth-order valence-electron chi connectivity index (χ4n) is 7.79. The monoisotopic (exact) mass is 662 g/mol. The molecule has 7 rings (SSSR count). The molecule has 248 valence electrons. The molecule has 0 radical (unpaired) electrons. The zero-order valence-corrected chi connectivity index (χ0v) is 29.1. The number of rotatable bonds is 11. The molecule has 0 saturated heterocycles. The van der Waals surface area contributed by atoms with Crippen LogP contribution in [0.15, 0.2) is 85.1 Å². The first-order chi connectivity index (χ1) is 23.2. The normalized spacial score (nSPS) is 19.3. The van der Waals surface area contributed by atoms with Crippen LogP contribution in [0.2, 0.25) is 18.6 Å². The maximum atomic E-state index is 13.8. The summed E-state index contributed by atoms with van der Waals surface area (Å²) in [5, 5.41) is 21.3. The summed E-state index contributed by atoms with van der Waals surface area (Å²) in [4.78, 5) is 15.6. The number of anilines is 2. The minimum atomic E-state index is -2.19. The number of aliphatic hydroxyl groups is 1. The Balaban J connectivity index is 1.24. The Bertz CT molecular complexity index is 1950. The van der Waals surface area contributed by atoms with Gasteiger partial charge in [-0.25, -0.2) is 0 Å². The summed E-state index contributed by atoms with van der Waals surface area (Å²) in [5.41, 5.74) is 4.33. The van der Waals surface area contributed by atoms with Crippen LogP contribution in [0, 0.1) is 5.92 Å². The molecular weight excluding hydrogens is 621 g/mol. The van der Waals surface area contributed by atoms with Crippen molar-refractivity contribution < 1.29 is 24.1 Å². The first-order valence-electron chi connectivity index (χ1n) is 16.6. The van der Waals surface area contributed by atoms with Gasteiger partial charge in [-0.1, -0.05) is 66.8 Å². The zero-order valence-electron chi connectivity index (χ0n) is 28.1. The van der Waals surface area contributed by atoms with Gasteiger partial charge in [0.05, 0.1) is 38.2 Å². The van der Waals surface area contributed by atoms with Crippen molar-refractivity contribution in [3.05, 3.63) is 102 Å². The van der Waals surface area contributed by atoms with Gasteiger partial charge in [0, 0.05) is 55.4 Å². The number of aliphatic hydroxyl groups excluding tert-OH is 1. The van der Waals surface area contributed by atoms with E-state index in [2.05, 4.69) is 48.5 Å². The molecule has 0 fully saturated rings. The molecule has 10 heteroatoms. The lowest BCUT2D eigenvalue weighted by atomic mass is 9.86. The van der Waals surface area contributed by atoms with E-state index in [9.17, 15) is 9.90 Å². The van der Waals surface area contributed by atoms with Crippen molar-refractivity contribution in [2.24, 2.45) is 5.92 Å². The van der Waals surface area contributed by atoms with Crippen LogP contribution in [-0.2, 0) is 17.7 Å². The molecular formula is C38H42N4O5Si. The first kappa shape index (κ1) is 32.1. The van der Waals surface area contributed by atoms with E-state index in [0.29, 0.717) is 13.0 Å². The second kappa shape index (κ2) is 12.8. The van der Waals surface area contributed by atoms with Crippen LogP contribution in [0.4, 0.5) is 11.4 Å². The largest absolute Gasteiger partial charge is 0.497 e. The average molecular weight is 663 g/mol. The van der Waals surface area contributed by atoms with Crippen LogP contribution in [-0.4, -0.2) is 61.0 Å². The van der Waals surface area contributed by atoms with E-state index in [1.165, 1.54) is 5.19 Å². The highest BCUT2D eigenvalue weighted by Gasteiger charge is 2.47. The second-order valence-electron chi connectivity index (χ2n) is 13.4. The Hall–Kier alpha value is -4.51. The molecule has 0 spiro atoms. The Kier molecular flexibility index (Phi) is 8.57. The van der Waals surface area contributed by atoms with Gasteiger partial charge in [-0.3, -0.25) is 14.4 Å². The van der Waals surface area contributed by atoms with Crippen LogP contribution in [0.25, 0.3) is 10.8 Å². The molecule has 1 N–H and O–H groups in total. The number of nitrogens with zero attached hydrogens (tertiary/aromatic N) is 4. The fraction of sp³-hybridized carbons (Fsp3) is 0.342. The van der Waals surface area contributed by atoms with Gasteiger partial charge >= 0.3 is 0 Å². The number of aromatic nitrogens is 3. The van der Waals surface area contributed by atoms with Gasteiger partial charge in [0.1, 0.15) is 17.6 Å². The molecule has 4 aromatic carbocycles. The third-order valence-corrected chi connectivity index (χ3v) is 14.7. The molecule has 0 saturated carbocycles. The van der Waals surface area contributed by atoms with Crippen LogP contribution < -0.4 is 19.6 Å². The topological polar surface area (TPSA) is 98.9 Å². The van der Waals surface area contributed by atoms with Gasteiger partial charge in [0.2, 0.25) is 0 Å². The number of carbonyl (C=O) groups is 1. The first-order valence-corrected chi connectivity index (χ1v) is 19.7. The maximum absolute atomic E-state index is 13.8. The van der Waals surface area contributed by atoms with Gasteiger partial charge < -0.3 is 19.3 Å². The Labute approximate surface area is 282 Å². The van der Waals surface area contributed by atoms with E-state index in [1.807, 2.05) is 76.4 Å². The van der Waals surface area contributed by atoms with Crippen molar-refractivity contribution in [3.8, 4) is 11.5 Å². The van der Waals surface area contributed by atoms with Crippen molar-refractivity contribution in [2.45, 2.75) is 57.2 Å². The lowest BCUT2D eigenvalue weighted by Gasteiger charge is -2.46. The number of methoxy groups -OCH3 is 2. The predicted molar refractivity (Wildman–Crippen MR) is 189 cm³/mol. The molecule has 1 aromatic heterocycles. The average Bonchev–Trinajstić information content (AvgIpc) is 3.67. The Morgan fingerprint density at radius 1 is 1.02 bits per heavy atom. The summed E-state index contributed by atoms with van der Waals surface area (Å²) in [5.74, 6) is 1.61. The molecule has 1 amide bonds. The van der Waals surface area contributed by atoms with Crippen molar-refractivity contribution in [1.29, 1.82) is 0 Å². The number of hydrogen-bond acceptors (Lipinski definition) is 7. The number of fused-ring (bicyclic) bond motifs is 1. The highest BCUT2D eigenvalue weighted by atomic mass is 28.3. The lowest BCUT2D eigenvalue weighted by molar-refractivity contribution is -0.0233. The van der Waals surface area contributed by atoms with Crippen molar-refractivity contribution in [3.63, 3.8) is 0 Å². The third-order valence-electron chi connectivity index (χ3n) is 10.4. The van der Waals surface area contributed by atoms with E-state index in [0.717, 1.165) is 56.9 Å². The molecule has 48 heavy (non-hydrogen) atoms. The van der Waals surface area contributed by atoms with Crippen LogP contribution >= 0.6 is 0 Å². The van der Waals surface area contributed by atoms with Gasteiger partial charge in [-0.05, 0) is 59.8 Å². The summed E-state index contributed by atoms with van der Waals surface area (Å²) in [6.45, 7) is 7.75. The molecule has 2 aliphatic rings. The van der Waals surface area contributed by atoms with Crippen molar-refractivity contribution >= 4 is 41.3 Å². The van der Waals surface area contributed by atoms with Crippen LogP contribution in [0.3, 0.4) is 0 Å². The van der Waals surface area contributed by atoms with Crippen molar-refractivity contribution in [1.82, 2.24) is 15.0 Å². The molecule has 5 aromatic rings. The van der Waals surface area contributed by atoms with E-state index < -0.39 is 8.07 Å². The summed E-state index contributed by atoms with van der Waals surface area (Å²) in [6.07, 6.45) is 2.87. The van der Waals surface area contributed by atoms with E-state index >= 15 is 0 Å². The number of ether oxygens (including phenoxy) is 3. The minimum Gasteiger partial charge on any atom is -0.497 e. The Morgan fingerprint density at radius 2 is 1.79 bits per heavy atom. The molecule has 9 nitrogen and oxygen atoms in total. The number of hydrogen-bond donors (Lipinski definition) is 1. The summed E-state index contributed by atoms with van der Waals surface area (Å²) >= 11 is 0. The number of aryl methyl sites for hydroxylation is 1. The number of amides is 1. The smallest absolute Gasteiger partial charge is 0.263 e. The third kappa shape index (κ3) is 5.47. The Morgan fingerprint density at radius 3 is 2.52 bits per heavy atom. The molecule has 0 aliphatic carbocycles. The molecule has 0 bridgehead atoms. The maximum Gasteiger partial charge on any atom is 0.263 e. The van der Waals surface area contributed by atoms with E-state index in [4.69, 9.17) is 14.2 Å². The standard InChI is InChI=1S/C38H42N4O5Si/c1-24-36(46-3)31-22-27(42-32-11-7-9-25-8-6-10-30(35(25)32)38(42)44)12-17-33(31)47-37(24)34(18-20-41-23-26(19-21-43)39-40-41)48(4,5)29-15-13-28(45-2)14-16-29/h6-17,22-24,34,36-37,43H,18-21H2,1-5H3/t24-,34?,36-,37-/m1/s1. The molecule has 2 aliphatic heterocycles. The predicted octanol–water partition coefficient (Wildman–Crippen LogP) is 6.43. The highest BCUT2D eigenvalue weighted by molar-refractivity contribution is 6.91. The fourth-order valence-corrected chi connectivity index (χ4v) is 11.3. The van der Waals surface area contributed by atoms with Crippen molar-refractivity contribution in [2.75, 3.05) is 25.7 Å². The second-order valence-corrected chi connectivity index (χ2v) is 18.2. The molecule has 3 heterocycles. The van der Waals surface area contributed by atoms with Gasteiger partial charge in [-0.15, -0.1) is 5.10 Å². The van der Waals surface area contributed by atoms with E-state index in [1.54, 1.807) is 14.2 Å². The number of benzene rings is 4. The van der Waals surface area contributed by atoms with Crippen LogP contribution in [0.1, 0.15) is 41.1 Å². The van der Waals surface area contributed by atoms with Gasteiger partial charge in [0.25, 0.3) is 5.91 Å². The minimum absolute atomic E-state index is 0.0170. The van der Waals surface area contributed by atoms with E-state index in [-0.39, 0.29) is 36.2 Å². The summed E-state index contributed by atoms with van der Waals surface area (Å²) in [6, 6.07) is 26.5. The van der Waals surface area contributed by atoms with Gasteiger partial charge in [0.15, 0.2) is 0 Å². The summed E-state index contributed by atoms with van der Waals surface area (Å²) < 4.78 is 20.7. The molecule has 4 atom stereocenters. The van der Waals surface area contributed by atoms with Gasteiger partial charge in [-0.2, -0.15) is 0 Å². The highest BCUT2D eigenvalue weighted by Crippen LogP contribution is 2.49. The molecule has 1 unspecified atom stereocenters. The zero-order chi connectivity index (χ0) is 33.6.